The molecule has 0 aliphatic heterocycles. The van der Waals surface area contributed by atoms with E-state index in [4.69, 9.17) is 5.73 Å². The smallest absolute Gasteiger partial charge is 0.123 e. The van der Waals surface area contributed by atoms with Gasteiger partial charge in [-0.25, -0.2) is 4.39 Å². The van der Waals surface area contributed by atoms with Crippen molar-refractivity contribution < 1.29 is 9.50 Å². The lowest BCUT2D eigenvalue weighted by Crippen LogP contribution is -2.28. The lowest BCUT2D eigenvalue weighted by atomic mass is 9.86. The zero-order valence-corrected chi connectivity index (χ0v) is 9.96. The summed E-state index contributed by atoms with van der Waals surface area (Å²) in [5.74, 6) is -0.510. The minimum absolute atomic E-state index is 0.164. The van der Waals surface area contributed by atoms with Crippen molar-refractivity contribution in [2.24, 2.45) is 5.73 Å². The molecule has 18 heavy (non-hydrogen) atoms. The normalized spacial score (nSPS) is 14.2. The first-order valence-corrected chi connectivity index (χ1v) is 5.91. The molecule has 2 nitrogen and oxygen atoms in total. The number of hydrogen-bond donors (Lipinski definition) is 2. The summed E-state index contributed by atoms with van der Waals surface area (Å²) in [5, 5.41) is 10.1. The van der Waals surface area contributed by atoms with Gasteiger partial charge < -0.3 is 10.8 Å². The van der Waals surface area contributed by atoms with E-state index >= 15 is 0 Å². The Hall–Kier alpha value is -1.71. The van der Waals surface area contributed by atoms with E-state index in [-0.39, 0.29) is 18.3 Å². The molecule has 0 unspecified atom stereocenters. The van der Waals surface area contributed by atoms with Crippen molar-refractivity contribution >= 4 is 0 Å². The molecule has 0 spiro atoms. The minimum atomic E-state index is -0.683. The van der Waals surface area contributed by atoms with E-state index in [1.165, 1.54) is 12.1 Å². The quantitative estimate of drug-likeness (QED) is 0.868. The largest absolute Gasteiger partial charge is 0.391 e. The maximum absolute atomic E-state index is 12.9. The van der Waals surface area contributed by atoms with Gasteiger partial charge in [-0.2, -0.15) is 0 Å². The van der Waals surface area contributed by atoms with Crippen LogP contribution in [0.15, 0.2) is 54.6 Å². The van der Waals surface area contributed by atoms with E-state index in [1.807, 2.05) is 30.3 Å². The standard InChI is InChI=1S/C15H16FNO/c16-13-8-6-12(7-9-13)15(14(18)10-17)11-4-2-1-3-5-11/h1-9,14-15,18H,10,17H2/t14-,15+/m0/s1. The zero-order chi connectivity index (χ0) is 13.0. The SMILES string of the molecule is NC[C@H](O)[C@H](c1ccccc1)c1ccc(F)cc1. The summed E-state index contributed by atoms with van der Waals surface area (Å²) in [6.45, 7) is 0.164. The number of rotatable bonds is 4. The molecule has 2 rings (SSSR count). The molecule has 0 saturated carbocycles. The molecule has 0 saturated heterocycles. The zero-order valence-electron chi connectivity index (χ0n) is 9.96. The maximum Gasteiger partial charge on any atom is 0.123 e. The van der Waals surface area contributed by atoms with Crippen LogP contribution in [0, 0.1) is 5.82 Å². The fourth-order valence-corrected chi connectivity index (χ4v) is 2.10. The van der Waals surface area contributed by atoms with Gasteiger partial charge in [-0.15, -0.1) is 0 Å². The summed E-state index contributed by atoms with van der Waals surface area (Å²) in [7, 11) is 0. The highest BCUT2D eigenvalue weighted by Crippen LogP contribution is 2.27. The average Bonchev–Trinajstić information content (AvgIpc) is 2.42. The number of halogens is 1. The van der Waals surface area contributed by atoms with E-state index in [1.54, 1.807) is 12.1 Å². The number of aliphatic hydroxyl groups excluding tert-OH is 1. The third-order valence-corrected chi connectivity index (χ3v) is 3.01. The Labute approximate surface area is 106 Å². The Morgan fingerprint density at radius 3 is 2.06 bits per heavy atom. The predicted octanol–water partition coefficient (Wildman–Crippen LogP) is 2.28. The van der Waals surface area contributed by atoms with Gasteiger partial charge in [0.1, 0.15) is 5.82 Å². The van der Waals surface area contributed by atoms with Crippen LogP contribution in [-0.4, -0.2) is 17.8 Å². The molecule has 0 radical (unpaired) electrons. The van der Waals surface area contributed by atoms with Gasteiger partial charge in [0.15, 0.2) is 0 Å². The summed E-state index contributed by atoms with van der Waals surface area (Å²) in [6, 6.07) is 15.8. The van der Waals surface area contributed by atoms with Gasteiger partial charge in [-0.3, -0.25) is 0 Å². The molecule has 3 N–H and O–H groups in total. The Kier molecular flexibility index (Phi) is 4.07. The molecular formula is C15H16FNO. The maximum atomic E-state index is 12.9. The van der Waals surface area contributed by atoms with Crippen LogP contribution in [0.5, 0.6) is 0 Å². The molecule has 2 atom stereocenters. The molecule has 0 bridgehead atoms. The average molecular weight is 245 g/mol. The highest BCUT2D eigenvalue weighted by atomic mass is 19.1. The second-order valence-corrected chi connectivity index (χ2v) is 4.24. The summed E-state index contributed by atoms with van der Waals surface area (Å²) >= 11 is 0. The molecule has 0 fully saturated rings. The first-order chi connectivity index (χ1) is 8.72. The highest BCUT2D eigenvalue weighted by Gasteiger charge is 2.21. The number of aliphatic hydroxyl groups is 1. The van der Waals surface area contributed by atoms with Crippen molar-refractivity contribution in [3.63, 3.8) is 0 Å². The van der Waals surface area contributed by atoms with Gasteiger partial charge in [0.05, 0.1) is 6.10 Å². The Morgan fingerprint density at radius 2 is 1.50 bits per heavy atom. The van der Waals surface area contributed by atoms with Crippen LogP contribution in [0.3, 0.4) is 0 Å². The lowest BCUT2D eigenvalue weighted by Gasteiger charge is -2.22. The molecule has 0 aliphatic rings. The Morgan fingerprint density at radius 1 is 0.944 bits per heavy atom. The molecule has 94 valence electrons. The molecule has 2 aromatic rings. The topological polar surface area (TPSA) is 46.2 Å². The predicted molar refractivity (Wildman–Crippen MR) is 69.7 cm³/mol. The van der Waals surface area contributed by atoms with Crippen LogP contribution in [0.1, 0.15) is 17.0 Å². The van der Waals surface area contributed by atoms with Gasteiger partial charge in [-0.05, 0) is 23.3 Å². The van der Waals surface area contributed by atoms with Crippen molar-refractivity contribution in [3.05, 3.63) is 71.5 Å². The lowest BCUT2D eigenvalue weighted by molar-refractivity contribution is 0.164. The van der Waals surface area contributed by atoms with Crippen LogP contribution in [-0.2, 0) is 0 Å². The van der Waals surface area contributed by atoms with Crippen LogP contribution < -0.4 is 5.73 Å². The van der Waals surface area contributed by atoms with E-state index < -0.39 is 6.10 Å². The highest BCUT2D eigenvalue weighted by molar-refractivity contribution is 5.34. The molecular weight excluding hydrogens is 229 g/mol. The van der Waals surface area contributed by atoms with Gasteiger partial charge >= 0.3 is 0 Å². The second kappa shape index (κ2) is 5.76. The van der Waals surface area contributed by atoms with Crippen LogP contribution >= 0.6 is 0 Å². The Balaban J connectivity index is 2.40. The third kappa shape index (κ3) is 2.75. The minimum Gasteiger partial charge on any atom is -0.391 e. The summed E-state index contributed by atoms with van der Waals surface area (Å²) in [4.78, 5) is 0. The fraction of sp³-hybridized carbons (Fsp3) is 0.200. The van der Waals surface area contributed by atoms with Crippen LogP contribution in [0.4, 0.5) is 4.39 Å². The van der Waals surface area contributed by atoms with Crippen molar-refractivity contribution in [1.82, 2.24) is 0 Å². The van der Waals surface area contributed by atoms with Gasteiger partial charge in [0.2, 0.25) is 0 Å². The van der Waals surface area contributed by atoms with Crippen LogP contribution in [0.25, 0.3) is 0 Å². The van der Waals surface area contributed by atoms with Gasteiger partial charge in [-0.1, -0.05) is 42.5 Å². The molecule has 0 amide bonds. The summed E-state index contributed by atoms with van der Waals surface area (Å²) in [5.41, 5.74) is 7.39. The number of benzene rings is 2. The van der Waals surface area contributed by atoms with Crippen molar-refractivity contribution in [2.45, 2.75) is 12.0 Å². The van der Waals surface area contributed by atoms with Crippen molar-refractivity contribution in [3.8, 4) is 0 Å². The van der Waals surface area contributed by atoms with E-state index in [2.05, 4.69) is 0 Å². The van der Waals surface area contributed by atoms with Crippen LogP contribution in [0.2, 0.25) is 0 Å². The van der Waals surface area contributed by atoms with E-state index in [0.717, 1.165) is 11.1 Å². The summed E-state index contributed by atoms with van der Waals surface area (Å²) < 4.78 is 12.9. The first-order valence-electron chi connectivity index (χ1n) is 5.91. The molecule has 0 heterocycles. The van der Waals surface area contributed by atoms with Gasteiger partial charge in [0.25, 0.3) is 0 Å². The summed E-state index contributed by atoms with van der Waals surface area (Å²) in [6.07, 6.45) is -0.683. The first kappa shape index (κ1) is 12.7. The number of nitrogens with two attached hydrogens (primary N) is 1. The second-order valence-electron chi connectivity index (χ2n) is 4.24. The molecule has 3 heteroatoms. The fourth-order valence-electron chi connectivity index (χ4n) is 2.10. The molecule has 0 aliphatic carbocycles. The van der Waals surface area contributed by atoms with Crippen molar-refractivity contribution in [2.75, 3.05) is 6.54 Å². The monoisotopic (exact) mass is 245 g/mol. The van der Waals surface area contributed by atoms with Crippen molar-refractivity contribution in [1.29, 1.82) is 0 Å². The molecule has 0 aromatic heterocycles. The van der Waals surface area contributed by atoms with E-state index in [9.17, 15) is 9.50 Å². The van der Waals surface area contributed by atoms with E-state index in [0.29, 0.717) is 0 Å². The third-order valence-electron chi connectivity index (χ3n) is 3.01. The number of hydrogen-bond acceptors (Lipinski definition) is 2. The van der Waals surface area contributed by atoms with Gasteiger partial charge in [0, 0.05) is 12.5 Å². The Bertz CT molecular complexity index is 484. The molecule has 2 aromatic carbocycles.